The van der Waals surface area contributed by atoms with E-state index < -0.39 is 26.0 Å². The number of halogens is 1. The molecule has 1 amide bonds. The number of nitrogens with one attached hydrogen (secondary N) is 3. The van der Waals surface area contributed by atoms with Crippen LogP contribution in [0.15, 0.2) is 94.7 Å². The molecule has 9 nitrogen and oxygen atoms in total. The first kappa shape index (κ1) is 28.9. The molecule has 0 aromatic heterocycles. The number of aryl methyl sites for hydroxylation is 2. The Balaban J connectivity index is 1.49. The van der Waals surface area contributed by atoms with Gasteiger partial charge in [-0.25, -0.2) is 16.8 Å². The van der Waals surface area contributed by atoms with Crippen LogP contribution >= 0.6 is 11.6 Å². The van der Waals surface area contributed by atoms with Crippen LogP contribution in [0.25, 0.3) is 0 Å². The van der Waals surface area contributed by atoms with Crippen LogP contribution in [0.4, 0.5) is 17.1 Å². The fourth-order valence-corrected chi connectivity index (χ4v) is 6.40. The van der Waals surface area contributed by atoms with Crippen LogP contribution in [-0.4, -0.2) is 29.9 Å². The molecular weight excluding hydrogens is 574 g/mol. The smallest absolute Gasteiger partial charge is 0.263 e. The second-order valence-corrected chi connectivity index (χ2v) is 12.6. The lowest BCUT2D eigenvalue weighted by Crippen LogP contribution is -2.17. The molecule has 0 heterocycles. The summed E-state index contributed by atoms with van der Waals surface area (Å²) < 4.78 is 61.8. The number of sulfonamides is 2. The van der Waals surface area contributed by atoms with Crippen LogP contribution < -0.4 is 19.5 Å². The highest BCUT2D eigenvalue weighted by Crippen LogP contribution is 2.27. The van der Waals surface area contributed by atoms with Gasteiger partial charge in [0, 0.05) is 16.9 Å². The van der Waals surface area contributed by atoms with Crippen LogP contribution in [0.3, 0.4) is 0 Å². The van der Waals surface area contributed by atoms with E-state index in [-0.39, 0.29) is 20.4 Å². The van der Waals surface area contributed by atoms with E-state index in [4.69, 9.17) is 16.3 Å². The standard InChI is InChI=1S/C28H26ClN3O6S2/c1-18-4-5-19(2)26(16-18)32-40(36,37)27-17-20(6-15-25(27)29)28(33)30-21-9-13-24(14-10-21)39(34,35)31-22-7-11-23(38-3)12-8-22/h4-17,31-32H,1-3H3,(H,30,33). The largest absolute Gasteiger partial charge is 0.497 e. The Morgan fingerprint density at radius 3 is 2.05 bits per heavy atom. The third kappa shape index (κ3) is 6.74. The number of rotatable bonds is 9. The van der Waals surface area contributed by atoms with E-state index in [9.17, 15) is 21.6 Å². The van der Waals surface area contributed by atoms with Crippen molar-refractivity contribution in [2.75, 3.05) is 21.9 Å². The summed E-state index contributed by atoms with van der Waals surface area (Å²) in [6, 6.07) is 21.2. The van der Waals surface area contributed by atoms with Crippen LogP contribution in [0.1, 0.15) is 21.5 Å². The molecule has 0 atom stereocenters. The number of hydrogen-bond donors (Lipinski definition) is 3. The van der Waals surface area contributed by atoms with Gasteiger partial charge in [-0.05, 0) is 97.8 Å². The van der Waals surface area contributed by atoms with E-state index in [0.29, 0.717) is 22.8 Å². The summed E-state index contributed by atoms with van der Waals surface area (Å²) in [7, 11) is -6.48. The van der Waals surface area contributed by atoms with E-state index in [1.807, 2.05) is 13.0 Å². The molecular formula is C28H26ClN3O6S2. The van der Waals surface area contributed by atoms with Gasteiger partial charge in [0.1, 0.15) is 10.6 Å². The average molecular weight is 600 g/mol. The third-order valence-electron chi connectivity index (χ3n) is 5.89. The summed E-state index contributed by atoms with van der Waals surface area (Å²) in [4.78, 5) is 12.7. The highest BCUT2D eigenvalue weighted by Gasteiger charge is 2.22. The van der Waals surface area contributed by atoms with E-state index in [1.54, 1.807) is 43.3 Å². The van der Waals surface area contributed by atoms with Gasteiger partial charge in [-0.15, -0.1) is 0 Å². The molecule has 208 valence electrons. The van der Waals surface area contributed by atoms with Crippen molar-refractivity contribution < 1.29 is 26.4 Å². The van der Waals surface area contributed by atoms with Gasteiger partial charge in [0.15, 0.2) is 0 Å². The molecule has 0 fully saturated rings. The van der Waals surface area contributed by atoms with Gasteiger partial charge in [-0.1, -0.05) is 23.7 Å². The second-order valence-electron chi connectivity index (χ2n) is 8.88. The summed E-state index contributed by atoms with van der Waals surface area (Å²) in [5.41, 5.74) is 2.72. The van der Waals surface area contributed by atoms with Crippen molar-refractivity contribution in [2.45, 2.75) is 23.6 Å². The molecule has 40 heavy (non-hydrogen) atoms. The lowest BCUT2D eigenvalue weighted by molar-refractivity contribution is 0.102. The summed E-state index contributed by atoms with van der Waals surface area (Å²) in [6.45, 7) is 3.61. The maximum Gasteiger partial charge on any atom is 0.263 e. The van der Waals surface area contributed by atoms with Gasteiger partial charge in [-0.3, -0.25) is 14.2 Å². The summed E-state index contributed by atoms with van der Waals surface area (Å²) in [6.07, 6.45) is 0. The SMILES string of the molecule is COc1ccc(NS(=O)(=O)c2ccc(NC(=O)c3ccc(Cl)c(S(=O)(=O)Nc4cc(C)ccc4C)c3)cc2)cc1. The monoisotopic (exact) mass is 599 g/mol. The van der Waals surface area contributed by atoms with Gasteiger partial charge < -0.3 is 10.1 Å². The number of amides is 1. The molecule has 4 aromatic rings. The molecule has 0 saturated carbocycles. The molecule has 0 unspecified atom stereocenters. The maximum absolute atomic E-state index is 13.1. The zero-order chi connectivity index (χ0) is 29.1. The minimum absolute atomic E-state index is 0.0151. The Kier molecular flexibility index (Phi) is 8.38. The first-order chi connectivity index (χ1) is 18.9. The number of hydrogen-bond acceptors (Lipinski definition) is 6. The van der Waals surface area contributed by atoms with Crippen LogP contribution in [0.2, 0.25) is 5.02 Å². The van der Waals surface area contributed by atoms with E-state index in [1.165, 1.54) is 49.6 Å². The van der Waals surface area contributed by atoms with Crippen molar-refractivity contribution in [1.29, 1.82) is 0 Å². The van der Waals surface area contributed by atoms with Crippen LogP contribution in [0.5, 0.6) is 5.75 Å². The van der Waals surface area contributed by atoms with Gasteiger partial charge >= 0.3 is 0 Å². The van der Waals surface area contributed by atoms with Crippen LogP contribution in [-0.2, 0) is 20.0 Å². The van der Waals surface area contributed by atoms with Crippen LogP contribution in [0, 0.1) is 13.8 Å². The zero-order valence-corrected chi connectivity index (χ0v) is 24.1. The van der Waals surface area contributed by atoms with E-state index in [0.717, 1.165) is 11.1 Å². The number of benzene rings is 4. The normalized spacial score (nSPS) is 11.5. The molecule has 3 N–H and O–H groups in total. The van der Waals surface area contributed by atoms with Gasteiger partial charge in [0.25, 0.3) is 26.0 Å². The van der Waals surface area contributed by atoms with Gasteiger partial charge in [0.2, 0.25) is 0 Å². The second kappa shape index (κ2) is 11.6. The number of methoxy groups -OCH3 is 1. The number of anilines is 3. The molecule has 0 spiro atoms. The van der Waals surface area contributed by atoms with Crippen molar-refractivity contribution in [1.82, 2.24) is 0 Å². The first-order valence-electron chi connectivity index (χ1n) is 11.9. The summed E-state index contributed by atoms with van der Waals surface area (Å²) in [5.74, 6) is -0.0158. The van der Waals surface area contributed by atoms with Crippen molar-refractivity contribution >= 4 is 54.6 Å². The van der Waals surface area contributed by atoms with Crippen molar-refractivity contribution in [3.63, 3.8) is 0 Å². The molecule has 4 rings (SSSR count). The fourth-order valence-electron chi connectivity index (χ4n) is 3.69. The molecule has 0 saturated heterocycles. The number of carbonyl (C=O) groups is 1. The Morgan fingerprint density at radius 2 is 1.40 bits per heavy atom. The minimum atomic E-state index is -4.11. The summed E-state index contributed by atoms with van der Waals surface area (Å²) >= 11 is 6.20. The zero-order valence-electron chi connectivity index (χ0n) is 21.7. The molecule has 0 radical (unpaired) electrons. The Morgan fingerprint density at radius 1 is 0.750 bits per heavy atom. The third-order valence-corrected chi connectivity index (χ3v) is 9.13. The number of ether oxygens (including phenoxy) is 1. The van der Waals surface area contributed by atoms with Crippen molar-refractivity contribution in [3.8, 4) is 5.75 Å². The van der Waals surface area contributed by atoms with E-state index >= 15 is 0 Å². The molecule has 0 aliphatic heterocycles. The highest BCUT2D eigenvalue weighted by atomic mass is 35.5. The Labute approximate surface area is 238 Å². The Hall–Kier alpha value is -4.06. The minimum Gasteiger partial charge on any atom is -0.497 e. The predicted octanol–water partition coefficient (Wildman–Crippen LogP) is 5.82. The maximum atomic E-state index is 13.1. The van der Waals surface area contributed by atoms with Gasteiger partial charge in [0.05, 0.1) is 22.7 Å². The van der Waals surface area contributed by atoms with Crippen molar-refractivity contribution in [3.05, 3.63) is 107 Å². The van der Waals surface area contributed by atoms with Gasteiger partial charge in [-0.2, -0.15) is 0 Å². The first-order valence-corrected chi connectivity index (χ1v) is 15.2. The number of carbonyl (C=O) groups excluding carboxylic acids is 1. The lowest BCUT2D eigenvalue weighted by atomic mass is 10.1. The molecule has 12 heteroatoms. The topological polar surface area (TPSA) is 131 Å². The van der Waals surface area contributed by atoms with E-state index in [2.05, 4.69) is 14.8 Å². The van der Waals surface area contributed by atoms with Crippen molar-refractivity contribution in [2.24, 2.45) is 0 Å². The summed E-state index contributed by atoms with van der Waals surface area (Å²) in [5, 5.41) is 2.59. The Bertz CT molecular complexity index is 1770. The highest BCUT2D eigenvalue weighted by molar-refractivity contribution is 7.93. The molecule has 4 aromatic carbocycles. The molecule has 0 aliphatic carbocycles. The fraction of sp³-hybridized carbons (Fsp3) is 0.107. The molecule has 0 bridgehead atoms. The lowest BCUT2D eigenvalue weighted by Gasteiger charge is -2.14. The predicted molar refractivity (Wildman–Crippen MR) is 156 cm³/mol. The molecule has 0 aliphatic rings. The average Bonchev–Trinajstić information content (AvgIpc) is 2.91. The quantitative estimate of drug-likeness (QED) is 0.222.